The molecule has 190 valence electrons. The lowest BCUT2D eigenvalue weighted by Crippen LogP contribution is -2.65. The van der Waals surface area contributed by atoms with Crippen LogP contribution >= 0.6 is 0 Å². The summed E-state index contributed by atoms with van der Waals surface area (Å²) in [6.45, 7) is 11.0. The summed E-state index contributed by atoms with van der Waals surface area (Å²) in [5.74, 6) is 1.42. The Morgan fingerprint density at radius 1 is 1.06 bits per heavy atom. The van der Waals surface area contributed by atoms with Gasteiger partial charge in [0.05, 0.1) is 6.54 Å². The molecule has 35 heavy (non-hydrogen) atoms. The van der Waals surface area contributed by atoms with E-state index < -0.39 is 5.54 Å². The third kappa shape index (κ3) is 4.87. The van der Waals surface area contributed by atoms with Crippen LogP contribution < -0.4 is 5.32 Å². The molecule has 0 spiro atoms. The first-order chi connectivity index (χ1) is 16.8. The van der Waals surface area contributed by atoms with Crippen LogP contribution in [0.1, 0.15) is 76.2 Å². The lowest BCUT2D eigenvalue weighted by Gasteiger charge is -2.45. The second-order valence-electron chi connectivity index (χ2n) is 11.8. The van der Waals surface area contributed by atoms with Gasteiger partial charge in [0.2, 0.25) is 5.91 Å². The molecule has 0 radical (unpaired) electrons. The van der Waals surface area contributed by atoms with E-state index in [4.69, 9.17) is 0 Å². The van der Waals surface area contributed by atoms with E-state index in [9.17, 15) is 9.59 Å². The fraction of sp³-hybridized carbons (Fsp3) is 0.655. The largest absolute Gasteiger partial charge is 0.351 e. The van der Waals surface area contributed by atoms with Gasteiger partial charge in [0, 0.05) is 36.6 Å². The van der Waals surface area contributed by atoms with Gasteiger partial charge in [-0.05, 0) is 63.1 Å². The fourth-order valence-electron chi connectivity index (χ4n) is 6.87. The molecule has 2 aromatic rings. The molecule has 1 saturated carbocycles. The predicted molar refractivity (Wildman–Crippen MR) is 140 cm³/mol. The van der Waals surface area contributed by atoms with Gasteiger partial charge in [-0.15, -0.1) is 0 Å². The molecule has 6 nitrogen and oxygen atoms in total. The lowest BCUT2D eigenvalue weighted by atomic mass is 9.91. The van der Waals surface area contributed by atoms with Crippen LogP contribution in [-0.2, 0) is 11.3 Å². The Morgan fingerprint density at radius 3 is 2.51 bits per heavy atom. The van der Waals surface area contributed by atoms with Crippen LogP contribution in [0.5, 0.6) is 0 Å². The van der Waals surface area contributed by atoms with E-state index in [1.807, 2.05) is 30.0 Å². The first-order valence-corrected chi connectivity index (χ1v) is 13.8. The minimum Gasteiger partial charge on any atom is -0.351 e. The maximum Gasteiger partial charge on any atom is 0.271 e. The molecule has 3 aliphatic rings. The second kappa shape index (κ2) is 9.96. The molecule has 1 aromatic carbocycles. The highest BCUT2D eigenvalue weighted by Crippen LogP contribution is 2.33. The van der Waals surface area contributed by atoms with Crippen molar-refractivity contribution in [1.82, 2.24) is 19.7 Å². The highest BCUT2D eigenvalue weighted by Gasteiger charge is 2.48. The molecule has 3 heterocycles. The van der Waals surface area contributed by atoms with E-state index in [1.165, 1.54) is 25.7 Å². The van der Waals surface area contributed by atoms with E-state index in [2.05, 4.69) is 40.8 Å². The number of amides is 2. The molecule has 1 N–H and O–H groups in total. The van der Waals surface area contributed by atoms with E-state index >= 15 is 0 Å². The molecule has 1 saturated heterocycles. The maximum atomic E-state index is 13.9. The number of nitrogens with zero attached hydrogens (tertiary/aromatic N) is 3. The van der Waals surface area contributed by atoms with Crippen molar-refractivity contribution in [1.29, 1.82) is 0 Å². The average Bonchev–Trinajstić information content (AvgIpc) is 3.20. The lowest BCUT2D eigenvalue weighted by molar-refractivity contribution is -0.133. The number of hydrogen-bond acceptors (Lipinski definition) is 3. The summed E-state index contributed by atoms with van der Waals surface area (Å²) in [5, 5.41) is 4.40. The van der Waals surface area contributed by atoms with Crippen molar-refractivity contribution in [3.63, 3.8) is 0 Å². The molecule has 0 unspecified atom stereocenters. The second-order valence-corrected chi connectivity index (χ2v) is 11.8. The topological polar surface area (TPSA) is 57.6 Å². The minimum absolute atomic E-state index is 0.00129. The first kappa shape index (κ1) is 24.4. The third-order valence-corrected chi connectivity index (χ3v) is 8.57. The molecule has 5 rings (SSSR count). The van der Waals surface area contributed by atoms with Crippen molar-refractivity contribution in [2.24, 2.45) is 11.8 Å². The Hall–Kier alpha value is -2.34. The summed E-state index contributed by atoms with van der Waals surface area (Å²) in [4.78, 5) is 32.2. The monoisotopic (exact) mass is 478 g/mol. The summed E-state index contributed by atoms with van der Waals surface area (Å²) >= 11 is 0. The zero-order valence-corrected chi connectivity index (χ0v) is 21.8. The third-order valence-electron chi connectivity index (χ3n) is 8.57. The summed E-state index contributed by atoms with van der Waals surface area (Å²) in [6, 6.07) is 10.3. The van der Waals surface area contributed by atoms with E-state index in [-0.39, 0.29) is 17.9 Å². The number of carbonyl (C=O) groups excluding carboxylic acids is 2. The van der Waals surface area contributed by atoms with Gasteiger partial charge in [-0.3, -0.25) is 9.59 Å². The Bertz CT molecular complexity index is 1060. The smallest absolute Gasteiger partial charge is 0.271 e. The summed E-state index contributed by atoms with van der Waals surface area (Å²) in [5.41, 5.74) is 0.837. The van der Waals surface area contributed by atoms with Crippen molar-refractivity contribution >= 4 is 22.7 Å². The molecule has 1 aromatic heterocycles. The van der Waals surface area contributed by atoms with Gasteiger partial charge in [-0.25, -0.2) is 0 Å². The Kier molecular flexibility index (Phi) is 6.93. The van der Waals surface area contributed by atoms with Gasteiger partial charge in [0.15, 0.2) is 0 Å². The standard InChI is InChI=1S/C29H42N4O2/c1-21-16-22(2)19-31(18-21)14-9-15-33-27(34)26-17-23-10-7-8-13-25(23)32(26)20-29(33,3)28(35)30-24-11-5-4-6-12-24/h7-8,10,13,17,21-22,24H,4-6,9,11-12,14-16,18-20H2,1-3H3,(H,30,35)/t21-,22-,29-/m1/s1. The van der Waals surface area contributed by atoms with Crippen LogP contribution in [0.4, 0.5) is 0 Å². The minimum atomic E-state index is -0.897. The van der Waals surface area contributed by atoms with Gasteiger partial charge in [-0.2, -0.15) is 0 Å². The van der Waals surface area contributed by atoms with Crippen molar-refractivity contribution in [3.8, 4) is 0 Å². The summed E-state index contributed by atoms with van der Waals surface area (Å²) < 4.78 is 2.07. The molecule has 3 atom stereocenters. The average molecular weight is 479 g/mol. The molecule has 2 aliphatic heterocycles. The van der Waals surface area contributed by atoms with Crippen LogP contribution in [0.15, 0.2) is 30.3 Å². The number of para-hydroxylation sites is 1. The maximum absolute atomic E-state index is 13.9. The SMILES string of the molecule is C[C@@H]1C[C@@H](C)CN(CCCN2C(=O)c3cc4ccccc4n3C[C@]2(C)C(=O)NC2CCCCC2)C1. The Morgan fingerprint density at radius 2 is 1.77 bits per heavy atom. The van der Waals surface area contributed by atoms with Crippen molar-refractivity contribution in [3.05, 3.63) is 36.0 Å². The normalized spacial score (nSPS) is 28.3. The van der Waals surface area contributed by atoms with Crippen molar-refractivity contribution in [2.75, 3.05) is 26.2 Å². The van der Waals surface area contributed by atoms with Crippen molar-refractivity contribution < 1.29 is 9.59 Å². The number of benzene rings is 1. The van der Waals surface area contributed by atoms with Crippen LogP contribution in [0.25, 0.3) is 10.9 Å². The van der Waals surface area contributed by atoms with Gasteiger partial charge in [0.25, 0.3) is 5.91 Å². The van der Waals surface area contributed by atoms with Gasteiger partial charge in [-0.1, -0.05) is 51.3 Å². The quantitative estimate of drug-likeness (QED) is 0.656. The van der Waals surface area contributed by atoms with Crippen LogP contribution in [0.3, 0.4) is 0 Å². The molecule has 1 aliphatic carbocycles. The van der Waals surface area contributed by atoms with Crippen molar-refractivity contribution in [2.45, 2.75) is 83.8 Å². The van der Waals surface area contributed by atoms with E-state index in [1.54, 1.807) is 0 Å². The zero-order valence-electron chi connectivity index (χ0n) is 21.8. The van der Waals surface area contributed by atoms with Crippen LogP contribution in [0.2, 0.25) is 0 Å². The summed E-state index contributed by atoms with van der Waals surface area (Å²) in [7, 11) is 0. The predicted octanol–water partition coefficient (Wildman–Crippen LogP) is 4.67. The van der Waals surface area contributed by atoms with Crippen LogP contribution in [0, 0.1) is 11.8 Å². The number of carbonyl (C=O) groups is 2. The van der Waals surface area contributed by atoms with Gasteiger partial charge < -0.3 is 19.7 Å². The number of likely N-dealkylation sites (tertiary alicyclic amines) is 1. The zero-order chi connectivity index (χ0) is 24.6. The van der Waals surface area contributed by atoms with Gasteiger partial charge in [0.1, 0.15) is 11.2 Å². The number of fused-ring (bicyclic) bond motifs is 3. The fourth-order valence-corrected chi connectivity index (χ4v) is 6.87. The van der Waals surface area contributed by atoms with Crippen LogP contribution in [-0.4, -0.2) is 63.9 Å². The molecule has 2 amide bonds. The number of aromatic nitrogens is 1. The molecular formula is C29H42N4O2. The highest BCUT2D eigenvalue weighted by atomic mass is 16.2. The Balaban J connectivity index is 1.38. The molecule has 2 fully saturated rings. The molecular weight excluding hydrogens is 436 g/mol. The molecule has 6 heteroatoms. The van der Waals surface area contributed by atoms with E-state index in [0.717, 1.165) is 61.6 Å². The number of piperidine rings is 1. The summed E-state index contributed by atoms with van der Waals surface area (Å²) in [6.07, 6.45) is 7.85. The molecule has 0 bridgehead atoms. The first-order valence-electron chi connectivity index (χ1n) is 13.8. The number of rotatable bonds is 6. The highest BCUT2D eigenvalue weighted by molar-refractivity contribution is 6.03. The number of hydrogen-bond donors (Lipinski definition) is 1. The van der Waals surface area contributed by atoms with E-state index in [0.29, 0.717) is 18.8 Å². The number of nitrogens with one attached hydrogen (secondary N) is 1. The van der Waals surface area contributed by atoms with Gasteiger partial charge >= 0.3 is 0 Å². The Labute approximate surface area is 210 Å².